The molecule has 0 unspecified atom stereocenters. The fourth-order valence-electron chi connectivity index (χ4n) is 3.25. The zero-order valence-corrected chi connectivity index (χ0v) is 14.3. The molecule has 1 saturated heterocycles. The first-order valence-corrected chi connectivity index (χ1v) is 8.78. The van der Waals surface area contributed by atoms with Crippen molar-refractivity contribution in [3.63, 3.8) is 0 Å². The van der Waals surface area contributed by atoms with Crippen LogP contribution in [-0.2, 0) is 0 Å². The van der Waals surface area contributed by atoms with Crippen LogP contribution in [0.2, 0.25) is 5.02 Å². The topological polar surface area (TPSA) is 13.7 Å². The third-order valence-corrected chi connectivity index (χ3v) is 4.63. The number of ether oxygens (including phenoxy) is 1. The van der Waals surface area contributed by atoms with Gasteiger partial charge in [-0.25, -0.2) is 0 Å². The molecule has 2 nitrogen and oxygen atoms in total. The molecular formula is C18H29ClNO+. The maximum absolute atomic E-state index is 6.04. The van der Waals surface area contributed by atoms with Crippen LogP contribution in [0.3, 0.4) is 0 Å². The second kappa shape index (κ2) is 8.65. The SMILES string of the molecule is Cc1cc(Cl)cc(C)c1OCCCCCC[NH+]1CCCC1. The number of rotatable bonds is 8. The highest BCUT2D eigenvalue weighted by atomic mass is 35.5. The highest BCUT2D eigenvalue weighted by molar-refractivity contribution is 6.30. The van der Waals surface area contributed by atoms with Crippen LogP contribution in [0.4, 0.5) is 0 Å². The molecule has 0 amide bonds. The first-order chi connectivity index (χ1) is 10.2. The van der Waals surface area contributed by atoms with Crippen LogP contribution in [0.25, 0.3) is 0 Å². The van der Waals surface area contributed by atoms with E-state index in [0.717, 1.165) is 34.9 Å². The molecule has 118 valence electrons. The van der Waals surface area contributed by atoms with Gasteiger partial charge in [-0.15, -0.1) is 0 Å². The van der Waals surface area contributed by atoms with Crippen molar-refractivity contribution in [2.75, 3.05) is 26.2 Å². The second-order valence-corrected chi connectivity index (χ2v) is 6.77. The Morgan fingerprint density at radius 1 is 1.00 bits per heavy atom. The lowest BCUT2D eigenvalue weighted by Crippen LogP contribution is -3.09. The number of aryl methyl sites for hydroxylation is 2. The molecule has 1 N–H and O–H groups in total. The van der Waals surface area contributed by atoms with Gasteiger partial charge < -0.3 is 9.64 Å². The molecule has 1 aromatic rings. The lowest BCUT2D eigenvalue weighted by molar-refractivity contribution is -0.887. The van der Waals surface area contributed by atoms with Crippen molar-refractivity contribution in [3.8, 4) is 5.75 Å². The van der Waals surface area contributed by atoms with E-state index in [1.807, 2.05) is 17.0 Å². The molecule has 3 heteroatoms. The first kappa shape index (κ1) is 16.6. The Balaban J connectivity index is 1.57. The summed E-state index contributed by atoms with van der Waals surface area (Å²) in [6.07, 6.45) is 8.00. The molecule has 0 bridgehead atoms. The first-order valence-electron chi connectivity index (χ1n) is 8.40. The number of halogens is 1. The zero-order chi connectivity index (χ0) is 15.1. The largest absolute Gasteiger partial charge is 0.493 e. The summed E-state index contributed by atoms with van der Waals surface area (Å²) in [5.74, 6) is 1.01. The Morgan fingerprint density at radius 2 is 1.62 bits per heavy atom. The number of hydrogen-bond donors (Lipinski definition) is 1. The summed E-state index contributed by atoms with van der Waals surface area (Å²) in [5.41, 5.74) is 2.27. The average Bonchev–Trinajstić information content (AvgIpc) is 2.93. The smallest absolute Gasteiger partial charge is 0.125 e. The van der Waals surface area contributed by atoms with Crippen molar-refractivity contribution in [1.82, 2.24) is 0 Å². The quantitative estimate of drug-likeness (QED) is 0.725. The number of quaternary nitrogens is 1. The van der Waals surface area contributed by atoms with Crippen molar-refractivity contribution in [3.05, 3.63) is 28.3 Å². The van der Waals surface area contributed by atoms with E-state index in [9.17, 15) is 0 Å². The molecule has 2 rings (SSSR count). The summed E-state index contributed by atoms with van der Waals surface area (Å²) in [6.45, 7) is 9.12. The van der Waals surface area contributed by atoms with Gasteiger partial charge in [-0.2, -0.15) is 0 Å². The second-order valence-electron chi connectivity index (χ2n) is 6.34. The van der Waals surface area contributed by atoms with Gasteiger partial charge in [0.05, 0.1) is 26.2 Å². The number of hydrogen-bond acceptors (Lipinski definition) is 1. The molecule has 0 atom stereocenters. The van der Waals surface area contributed by atoms with Crippen molar-refractivity contribution in [2.24, 2.45) is 0 Å². The fourth-order valence-corrected chi connectivity index (χ4v) is 3.58. The van der Waals surface area contributed by atoms with Crippen LogP contribution < -0.4 is 9.64 Å². The Labute approximate surface area is 134 Å². The molecule has 0 radical (unpaired) electrons. The monoisotopic (exact) mass is 310 g/mol. The number of benzene rings is 1. The maximum atomic E-state index is 6.04. The zero-order valence-electron chi connectivity index (χ0n) is 13.5. The minimum Gasteiger partial charge on any atom is -0.493 e. The van der Waals surface area contributed by atoms with Crippen molar-refractivity contribution < 1.29 is 9.64 Å². The van der Waals surface area contributed by atoms with Gasteiger partial charge in [0.2, 0.25) is 0 Å². The van der Waals surface area contributed by atoms with Gasteiger partial charge in [0, 0.05) is 17.9 Å². The highest BCUT2D eigenvalue weighted by Gasteiger charge is 2.13. The summed E-state index contributed by atoms with van der Waals surface area (Å²) < 4.78 is 5.94. The van der Waals surface area contributed by atoms with Gasteiger partial charge in [-0.3, -0.25) is 0 Å². The highest BCUT2D eigenvalue weighted by Crippen LogP contribution is 2.27. The molecular weight excluding hydrogens is 282 g/mol. The van der Waals surface area contributed by atoms with E-state index in [1.54, 1.807) is 0 Å². The maximum Gasteiger partial charge on any atom is 0.125 e. The van der Waals surface area contributed by atoms with Gasteiger partial charge >= 0.3 is 0 Å². The predicted molar refractivity (Wildman–Crippen MR) is 89.7 cm³/mol. The van der Waals surface area contributed by atoms with Gasteiger partial charge in [-0.05, 0) is 62.8 Å². The van der Waals surface area contributed by atoms with Crippen LogP contribution >= 0.6 is 11.6 Å². The van der Waals surface area contributed by atoms with E-state index < -0.39 is 0 Å². The van der Waals surface area contributed by atoms with Crippen LogP contribution in [0.5, 0.6) is 5.75 Å². The summed E-state index contributed by atoms with van der Waals surface area (Å²) in [7, 11) is 0. The standard InChI is InChI=1S/C18H28ClNO/c1-15-13-17(19)14-16(2)18(15)21-12-8-4-3-5-9-20-10-6-7-11-20/h13-14H,3-12H2,1-2H3/p+1. The van der Waals surface area contributed by atoms with Gasteiger partial charge in [0.15, 0.2) is 0 Å². The number of nitrogens with one attached hydrogen (secondary N) is 1. The van der Waals surface area contributed by atoms with E-state index in [1.165, 1.54) is 51.7 Å². The van der Waals surface area contributed by atoms with Crippen molar-refractivity contribution >= 4 is 11.6 Å². The molecule has 1 aliphatic rings. The van der Waals surface area contributed by atoms with E-state index in [4.69, 9.17) is 16.3 Å². The molecule has 0 saturated carbocycles. The van der Waals surface area contributed by atoms with Crippen LogP contribution in [0.15, 0.2) is 12.1 Å². The van der Waals surface area contributed by atoms with E-state index in [0.29, 0.717) is 0 Å². The number of unbranched alkanes of at least 4 members (excludes halogenated alkanes) is 3. The Morgan fingerprint density at radius 3 is 2.29 bits per heavy atom. The summed E-state index contributed by atoms with van der Waals surface area (Å²) in [6, 6.07) is 3.95. The normalized spacial score (nSPS) is 15.6. The molecule has 0 aliphatic carbocycles. The van der Waals surface area contributed by atoms with E-state index in [-0.39, 0.29) is 0 Å². The molecule has 21 heavy (non-hydrogen) atoms. The minimum absolute atomic E-state index is 0.793. The molecule has 1 aromatic carbocycles. The average molecular weight is 311 g/mol. The third kappa shape index (κ3) is 5.52. The van der Waals surface area contributed by atoms with Crippen LogP contribution in [0, 0.1) is 13.8 Å². The van der Waals surface area contributed by atoms with E-state index >= 15 is 0 Å². The van der Waals surface area contributed by atoms with E-state index in [2.05, 4.69) is 13.8 Å². The molecule has 1 aliphatic heterocycles. The summed E-state index contributed by atoms with van der Waals surface area (Å²) in [4.78, 5) is 1.82. The Kier molecular flexibility index (Phi) is 6.85. The predicted octanol–water partition coefficient (Wildman–Crippen LogP) is 3.57. The van der Waals surface area contributed by atoms with Crippen molar-refractivity contribution in [1.29, 1.82) is 0 Å². The lowest BCUT2D eigenvalue weighted by Gasteiger charge is -2.13. The number of likely N-dealkylation sites (tertiary alicyclic amines) is 1. The molecule has 0 spiro atoms. The van der Waals surface area contributed by atoms with Crippen LogP contribution in [-0.4, -0.2) is 26.2 Å². The Hall–Kier alpha value is -0.730. The van der Waals surface area contributed by atoms with Crippen LogP contribution in [0.1, 0.15) is 49.7 Å². The van der Waals surface area contributed by atoms with Gasteiger partial charge in [-0.1, -0.05) is 11.6 Å². The fraction of sp³-hybridized carbons (Fsp3) is 0.667. The lowest BCUT2D eigenvalue weighted by atomic mass is 10.1. The van der Waals surface area contributed by atoms with Gasteiger partial charge in [0.1, 0.15) is 5.75 Å². The molecule has 1 fully saturated rings. The summed E-state index contributed by atoms with van der Waals surface area (Å²) >= 11 is 6.04. The Bertz CT molecular complexity index is 418. The van der Waals surface area contributed by atoms with Gasteiger partial charge in [0.25, 0.3) is 0 Å². The molecule has 0 aromatic heterocycles. The summed E-state index contributed by atoms with van der Waals surface area (Å²) in [5, 5.41) is 0.793. The third-order valence-electron chi connectivity index (χ3n) is 4.41. The minimum atomic E-state index is 0.793. The van der Waals surface area contributed by atoms with Crippen molar-refractivity contribution in [2.45, 2.75) is 52.4 Å². The molecule has 1 heterocycles.